The largest absolute Gasteiger partial charge is 0.494 e. The van der Waals surface area contributed by atoms with Crippen LogP contribution in [0.4, 0.5) is 15.8 Å². The highest BCUT2D eigenvalue weighted by Crippen LogP contribution is 2.23. The van der Waals surface area contributed by atoms with Gasteiger partial charge in [0.05, 0.1) is 11.4 Å². The van der Waals surface area contributed by atoms with Crippen molar-refractivity contribution in [3.8, 4) is 5.88 Å². The van der Waals surface area contributed by atoms with E-state index in [0.29, 0.717) is 11.4 Å². The van der Waals surface area contributed by atoms with Gasteiger partial charge in [0.15, 0.2) is 0 Å². The van der Waals surface area contributed by atoms with Crippen LogP contribution in [0, 0.1) is 12.7 Å². The van der Waals surface area contributed by atoms with Gasteiger partial charge in [-0.2, -0.15) is 0 Å². The number of carbonyl (C=O) groups is 1. The highest BCUT2D eigenvalue weighted by molar-refractivity contribution is 8.15. The minimum Gasteiger partial charge on any atom is -0.494 e. The molecule has 0 saturated carbocycles. The van der Waals surface area contributed by atoms with Crippen molar-refractivity contribution in [3.63, 3.8) is 0 Å². The molecule has 32 heavy (non-hydrogen) atoms. The molecule has 1 heterocycles. The molecule has 0 bridgehead atoms. The molecule has 0 radical (unpaired) electrons. The van der Waals surface area contributed by atoms with E-state index in [-0.39, 0.29) is 22.3 Å². The summed E-state index contributed by atoms with van der Waals surface area (Å²) in [6.07, 6.45) is 0. The van der Waals surface area contributed by atoms with E-state index in [1.54, 1.807) is 6.07 Å². The van der Waals surface area contributed by atoms with Crippen LogP contribution in [-0.4, -0.2) is 30.9 Å². The Bertz CT molecular complexity index is 1310. The predicted octanol–water partition coefficient (Wildman–Crippen LogP) is 2.69. The maximum atomic E-state index is 13.3. The predicted molar refractivity (Wildman–Crippen MR) is 123 cm³/mol. The Morgan fingerprint density at radius 2 is 1.81 bits per heavy atom. The van der Waals surface area contributed by atoms with E-state index in [1.807, 2.05) is 25.1 Å². The lowest BCUT2D eigenvalue weighted by atomic mass is 10.2. The number of aryl methyl sites for hydroxylation is 1. The van der Waals surface area contributed by atoms with Crippen LogP contribution in [0.1, 0.15) is 11.1 Å². The Morgan fingerprint density at radius 3 is 2.47 bits per heavy atom. The zero-order chi connectivity index (χ0) is 23.4. The van der Waals surface area contributed by atoms with Gasteiger partial charge in [-0.3, -0.25) is 18.7 Å². The first kappa shape index (κ1) is 23.0. The summed E-state index contributed by atoms with van der Waals surface area (Å²) >= 11 is 0.912. The monoisotopic (exact) mass is 456 g/mol. The molecule has 166 valence electrons. The van der Waals surface area contributed by atoms with Gasteiger partial charge in [0.25, 0.3) is 5.56 Å². The standard InChI is InChI=1S/C22H21FN4O4S/c1-13-5-4-6-16(11-13)24-17(28)12-32-19(25-15-9-7-14(23)8-10-15)18-20(29)26(2)22(31)27(3)21(18)30/h4-11,29H,12H2,1-3H3,(H,24,28). The van der Waals surface area contributed by atoms with Crippen LogP contribution >= 0.6 is 11.8 Å². The Morgan fingerprint density at radius 1 is 1.12 bits per heavy atom. The van der Waals surface area contributed by atoms with Gasteiger partial charge in [-0.05, 0) is 48.9 Å². The van der Waals surface area contributed by atoms with Crippen molar-refractivity contribution >= 4 is 34.1 Å². The van der Waals surface area contributed by atoms with Crippen LogP contribution in [0.15, 0.2) is 63.1 Å². The van der Waals surface area contributed by atoms with Crippen molar-refractivity contribution in [1.29, 1.82) is 0 Å². The van der Waals surface area contributed by atoms with Crippen LogP contribution in [-0.2, 0) is 18.9 Å². The fourth-order valence-electron chi connectivity index (χ4n) is 2.87. The number of hydrogen-bond acceptors (Lipinski definition) is 6. The number of rotatable bonds is 5. The zero-order valence-electron chi connectivity index (χ0n) is 17.6. The molecule has 10 heteroatoms. The van der Waals surface area contributed by atoms with Crippen LogP contribution in [0.3, 0.4) is 0 Å². The summed E-state index contributed by atoms with van der Waals surface area (Å²) in [6, 6.07) is 12.5. The highest BCUT2D eigenvalue weighted by Gasteiger charge is 2.22. The number of hydrogen-bond donors (Lipinski definition) is 2. The summed E-state index contributed by atoms with van der Waals surface area (Å²) in [5, 5.41) is 13.3. The number of halogens is 1. The number of aromatic nitrogens is 2. The molecular formula is C22H21FN4O4S. The molecule has 0 aliphatic heterocycles. The molecule has 0 unspecified atom stereocenters. The second-order valence-electron chi connectivity index (χ2n) is 7.00. The molecule has 0 atom stereocenters. The van der Waals surface area contributed by atoms with Gasteiger partial charge in [-0.1, -0.05) is 23.9 Å². The molecule has 0 aliphatic carbocycles. The average Bonchev–Trinajstić information content (AvgIpc) is 2.76. The average molecular weight is 456 g/mol. The van der Waals surface area contributed by atoms with E-state index in [4.69, 9.17) is 0 Å². The number of anilines is 1. The van der Waals surface area contributed by atoms with E-state index >= 15 is 0 Å². The van der Waals surface area contributed by atoms with Gasteiger partial charge in [0, 0.05) is 19.8 Å². The Kier molecular flexibility index (Phi) is 6.94. The molecule has 8 nitrogen and oxygen atoms in total. The minimum absolute atomic E-state index is 0.0182. The van der Waals surface area contributed by atoms with E-state index in [9.17, 15) is 23.9 Å². The van der Waals surface area contributed by atoms with Gasteiger partial charge in [0.1, 0.15) is 16.4 Å². The van der Waals surface area contributed by atoms with Gasteiger partial charge < -0.3 is 10.4 Å². The number of thioether (sulfide) groups is 1. The first-order chi connectivity index (χ1) is 15.2. The molecule has 2 N–H and O–H groups in total. The lowest BCUT2D eigenvalue weighted by molar-refractivity contribution is -0.113. The van der Waals surface area contributed by atoms with Crippen molar-refractivity contribution < 1.29 is 14.3 Å². The van der Waals surface area contributed by atoms with E-state index in [2.05, 4.69) is 10.3 Å². The van der Waals surface area contributed by atoms with Crippen LogP contribution < -0.4 is 16.6 Å². The normalized spacial score (nSPS) is 11.4. The Labute approximate surface area is 187 Å². The topological polar surface area (TPSA) is 106 Å². The third-order valence-electron chi connectivity index (χ3n) is 4.55. The zero-order valence-corrected chi connectivity index (χ0v) is 18.4. The molecule has 0 fully saturated rings. The number of aromatic hydroxyl groups is 1. The summed E-state index contributed by atoms with van der Waals surface area (Å²) in [4.78, 5) is 41.7. The lowest BCUT2D eigenvalue weighted by Crippen LogP contribution is -2.39. The molecule has 1 amide bonds. The van der Waals surface area contributed by atoms with Crippen LogP contribution in [0.5, 0.6) is 5.88 Å². The summed E-state index contributed by atoms with van der Waals surface area (Å²) in [5.74, 6) is -1.52. The first-order valence-electron chi connectivity index (χ1n) is 9.50. The number of carbonyl (C=O) groups excluding carboxylic acids is 1. The van der Waals surface area contributed by atoms with Crippen LogP contribution in [0.25, 0.3) is 0 Å². The quantitative estimate of drug-likeness (QED) is 0.454. The maximum Gasteiger partial charge on any atom is 0.333 e. The number of benzene rings is 2. The van der Waals surface area contributed by atoms with E-state index in [1.165, 1.54) is 38.4 Å². The fourth-order valence-corrected chi connectivity index (χ4v) is 3.70. The van der Waals surface area contributed by atoms with Crippen molar-refractivity contribution in [1.82, 2.24) is 9.13 Å². The fraction of sp³-hybridized carbons (Fsp3) is 0.182. The Balaban J connectivity index is 1.97. The molecule has 0 aliphatic rings. The Hall–Kier alpha value is -3.66. The first-order valence-corrected chi connectivity index (χ1v) is 10.5. The van der Waals surface area contributed by atoms with Gasteiger partial charge in [-0.25, -0.2) is 14.2 Å². The maximum absolute atomic E-state index is 13.3. The van der Waals surface area contributed by atoms with Crippen molar-refractivity contribution in [2.24, 2.45) is 19.1 Å². The van der Waals surface area contributed by atoms with Crippen molar-refractivity contribution in [2.45, 2.75) is 6.92 Å². The smallest absolute Gasteiger partial charge is 0.333 e. The molecule has 3 rings (SSSR count). The summed E-state index contributed by atoms with van der Waals surface area (Å²) in [7, 11) is 2.59. The summed E-state index contributed by atoms with van der Waals surface area (Å²) < 4.78 is 15.0. The SMILES string of the molecule is Cc1cccc(NC(=O)CSC(=Nc2ccc(F)cc2)c2c(O)n(C)c(=O)n(C)c2=O)c1. The van der Waals surface area contributed by atoms with Gasteiger partial charge in [-0.15, -0.1) is 0 Å². The number of aliphatic imine (C=N–C) groups is 1. The molecule has 3 aromatic rings. The van der Waals surface area contributed by atoms with Gasteiger partial charge in [0.2, 0.25) is 11.8 Å². The second-order valence-corrected chi connectivity index (χ2v) is 7.97. The second kappa shape index (κ2) is 9.65. The summed E-state index contributed by atoms with van der Waals surface area (Å²) in [6.45, 7) is 1.90. The molecule has 0 spiro atoms. The third-order valence-corrected chi connectivity index (χ3v) is 5.52. The number of nitrogens with zero attached hydrogens (tertiary/aromatic N) is 3. The minimum atomic E-state index is -0.766. The van der Waals surface area contributed by atoms with Crippen molar-refractivity contribution in [3.05, 3.63) is 86.3 Å². The highest BCUT2D eigenvalue weighted by atomic mass is 32.2. The number of amides is 1. The number of nitrogens with one attached hydrogen (secondary N) is 1. The van der Waals surface area contributed by atoms with Crippen molar-refractivity contribution in [2.75, 3.05) is 11.1 Å². The van der Waals surface area contributed by atoms with E-state index in [0.717, 1.165) is 26.5 Å². The molecule has 0 saturated heterocycles. The molecule has 2 aromatic carbocycles. The lowest BCUT2D eigenvalue weighted by Gasteiger charge is -2.12. The summed E-state index contributed by atoms with van der Waals surface area (Å²) in [5.41, 5.74) is 0.203. The molecule has 1 aromatic heterocycles. The molecular weight excluding hydrogens is 435 g/mol. The van der Waals surface area contributed by atoms with Gasteiger partial charge >= 0.3 is 5.69 Å². The van der Waals surface area contributed by atoms with E-state index < -0.39 is 22.9 Å². The third kappa shape index (κ3) is 5.14. The van der Waals surface area contributed by atoms with Crippen LogP contribution in [0.2, 0.25) is 0 Å².